The van der Waals surface area contributed by atoms with Gasteiger partial charge in [0.15, 0.2) is 0 Å². The summed E-state index contributed by atoms with van der Waals surface area (Å²) in [5.41, 5.74) is 3.93. The summed E-state index contributed by atoms with van der Waals surface area (Å²) < 4.78 is 49.7. The number of rotatable bonds is 4. The first-order chi connectivity index (χ1) is 6.43. The number of halogens is 4. The Bertz CT molecular complexity index is 227. The van der Waals surface area contributed by atoms with Gasteiger partial charge >= 0.3 is 6.18 Å². The first-order valence-corrected chi connectivity index (χ1v) is 4.22. The summed E-state index contributed by atoms with van der Waals surface area (Å²) >= 11 is 0. The minimum atomic E-state index is -4.61. The van der Waals surface area contributed by atoms with Crippen molar-refractivity contribution in [3.05, 3.63) is 23.6 Å². The summed E-state index contributed by atoms with van der Waals surface area (Å²) in [4.78, 5) is 0. The zero-order chi connectivity index (χ0) is 11.2. The van der Waals surface area contributed by atoms with Crippen molar-refractivity contribution in [2.45, 2.75) is 25.9 Å². The number of alkyl halides is 3. The Morgan fingerprint density at radius 1 is 1.36 bits per heavy atom. The lowest BCUT2D eigenvalue weighted by Crippen LogP contribution is -2.14. The van der Waals surface area contributed by atoms with E-state index in [0.29, 0.717) is 0 Å². The highest BCUT2D eigenvalue weighted by Crippen LogP contribution is 2.32. The fourth-order valence-electron chi connectivity index (χ4n) is 0.922. The zero-order valence-corrected chi connectivity index (χ0v) is 7.87. The molecule has 0 radical (unpaired) electrons. The summed E-state index contributed by atoms with van der Waals surface area (Å²) in [5.74, 6) is -1.23. The van der Waals surface area contributed by atoms with Gasteiger partial charge in [-0.3, -0.25) is 0 Å². The molecule has 0 saturated heterocycles. The van der Waals surface area contributed by atoms with Gasteiger partial charge in [-0.2, -0.15) is 13.2 Å². The summed E-state index contributed by atoms with van der Waals surface area (Å²) in [5, 5.41) is 0. The molecule has 0 aromatic carbocycles. The molecule has 14 heavy (non-hydrogen) atoms. The molecule has 0 bridgehead atoms. The van der Waals surface area contributed by atoms with Crippen molar-refractivity contribution in [1.29, 1.82) is 0 Å². The van der Waals surface area contributed by atoms with Crippen LogP contribution in [0.5, 0.6) is 0 Å². The van der Waals surface area contributed by atoms with Gasteiger partial charge in [0.1, 0.15) is 5.83 Å². The van der Waals surface area contributed by atoms with E-state index in [9.17, 15) is 17.6 Å². The summed E-state index contributed by atoms with van der Waals surface area (Å²) in [6.45, 7) is 1.57. The highest BCUT2D eigenvalue weighted by Gasteiger charge is 2.35. The number of allylic oxidation sites excluding steroid dienone is 4. The average molecular weight is 211 g/mol. The zero-order valence-electron chi connectivity index (χ0n) is 7.87. The highest BCUT2D eigenvalue weighted by atomic mass is 19.4. The molecular weight excluding hydrogens is 198 g/mol. The van der Waals surface area contributed by atoms with Crippen molar-refractivity contribution in [3.8, 4) is 0 Å². The standard InChI is InChI=1S/C9H13F4N/c1-2-4-8(10)7(5-3-6-14)9(11,12)13/h2,4H,3,5-6,14H2,1H3/b4-2-,8-7-. The monoisotopic (exact) mass is 211 g/mol. The van der Waals surface area contributed by atoms with Crippen molar-refractivity contribution < 1.29 is 17.6 Å². The van der Waals surface area contributed by atoms with E-state index < -0.39 is 17.6 Å². The minimum absolute atomic E-state index is 0.114. The first-order valence-electron chi connectivity index (χ1n) is 4.22. The van der Waals surface area contributed by atoms with Gasteiger partial charge in [-0.05, 0) is 32.4 Å². The second-order valence-corrected chi connectivity index (χ2v) is 2.72. The molecule has 0 aromatic rings. The Labute approximate surface area is 80.3 Å². The molecule has 0 aliphatic carbocycles. The van der Waals surface area contributed by atoms with Crippen molar-refractivity contribution in [2.75, 3.05) is 6.54 Å². The van der Waals surface area contributed by atoms with E-state index in [0.717, 1.165) is 6.08 Å². The molecule has 1 nitrogen and oxygen atoms in total. The third-order valence-corrected chi connectivity index (χ3v) is 1.57. The number of hydrogen-bond acceptors (Lipinski definition) is 1. The molecule has 0 unspecified atom stereocenters. The van der Waals surface area contributed by atoms with Crippen molar-refractivity contribution in [2.24, 2.45) is 5.73 Å². The van der Waals surface area contributed by atoms with E-state index in [1.54, 1.807) is 0 Å². The Hall–Kier alpha value is -0.840. The predicted octanol–water partition coefficient (Wildman–Crippen LogP) is 3.09. The van der Waals surface area contributed by atoms with Crippen LogP contribution in [0.4, 0.5) is 17.6 Å². The molecule has 0 rings (SSSR count). The van der Waals surface area contributed by atoms with Gasteiger partial charge in [0.05, 0.1) is 5.57 Å². The molecule has 0 saturated carbocycles. The van der Waals surface area contributed by atoms with Gasteiger partial charge in [0, 0.05) is 0 Å². The quantitative estimate of drug-likeness (QED) is 0.561. The van der Waals surface area contributed by atoms with Crippen molar-refractivity contribution in [3.63, 3.8) is 0 Å². The highest BCUT2D eigenvalue weighted by molar-refractivity contribution is 5.23. The molecule has 2 N–H and O–H groups in total. The van der Waals surface area contributed by atoms with E-state index in [4.69, 9.17) is 5.73 Å². The SMILES string of the molecule is C/C=C\C(F)=C(/CCCN)C(F)(F)F. The van der Waals surface area contributed by atoms with Gasteiger partial charge < -0.3 is 5.73 Å². The van der Waals surface area contributed by atoms with Crippen LogP contribution in [0.15, 0.2) is 23.6 Å². The molecule has 0 aliphatic rings. The predicted molar refractivity (Wildman–Crippen MR) is 47.3 cm³/mol. The van der Waals surface area contributed by atoms with Crippen LogP contribution in [0.3, 0.4) is 0 Å². The Morgan fingerprint density at radius 2 is 1.93 bits per heavy atom. The van der Waals surface area contributed by atoms with Crippen LogP contribution in [-0.2, 0) is 0 Å². The van der Waals surface area contributed by atoms with E-state index >= 15 is 0 Å². The maximum Gasteiger partial charge on any atom is 0.415 e. The summed E-state index contributed by atoms with van der Waals surface area (Å²) in [7, 11) is 0. The van der Waals surface area contributed by atoms with Crippen LogP contribution in [0.25, 0.3) is 0 Å². The van der Waals surface area contributed by atoms with Crippen LogP contribution in [-0.4, -0.2) is 12.7 Å². The van der Waals surface area contributed by atoms with Crippen LogP contribution < -0.4 is 5.73 Å². The van der Waals surface area contributed by atoms with Crippen molar-refractivity contribution >= 4 is 0 Å². The molecule has 0 aliphatic heterocycles. The first kappa shape index (κ1) is 13.2. The van der Waals surface area contributed by atoms with Gasteiger partial charge in [-0.25, -0.2) is 4.39 Å². The molecule has 0 spiro atoms. The van der Waals surface area contributed by atoms with E-state index in [-0.39, 0.29) is 19.4 Å². The van der Waals surface area contributed by atoms with Gasteiger partial charge in [0.25, 0.3) is 0 Å². The third-order valence-electron chi connectivity index (χ3n) is 1.57. The molecular formula is C9H13F4N. The molecule has 82 valence electrons. The maximum atomic E-state index is 12.9. The second kappa shape index (κ2) is 5.80. The molecule has 0 aromatic heterocycles. The molecule has 5 heteroatoms. The number of hydrogen-bond donors (Lipinski definition) is 1. The minimum Gasteiger partial charge on any atom is -0.330 e. The molecule has 0 fully saturated rings. The fourth-order valence-corrected chi connectivity index (χ4v) is 0.922. The van der Waals surface area contributed by atoms with Gasteiger partial charge in [-0.15, -0.1) is 0 Å². The van der Waals surface area contributed by atoms with E-state index in [1.807, 2.05) is 0 Å². The molecule has 0 amide bonds. The second-order valence-electron chi connectivity index (χ2n) is 2.72. The lowest BCUT2D eigenvalue weighted by molar-refractivity contribution is -0.0957. The van der Waals surface area contributed by atoms with E-state index in [1.165, 1.54) is 13.0 Å². The number of nitrogens with two attached hydrogens (primary N) is 1. The normalized spacial score (nSPS) is 14.7. The Kier molecular flexibility index (Phi) is 5.45. The van der Waals surface area contributed by atoms with Crippen LogP contribution in [0.2, 0.25) is 0 Å². The molecule has 0 atom stereocenters. The Balaban J connectivity index is 4.80. The largest absolute Gasteiger partial charge is 0.415 e. The summed E-state index contributed by atoms with van der Waals surface area (Å²) in [6, 6.07) is 0. The Morgan fingerprint density at radius 3 is 2.29 bits per heavy atom. The van der Waals surface area contributed by atoms with Gasteiger partial charge in [-0.1, -0.05) is 6.08 Å². The average Bonchev–Trinajstić information content (AvgIpc) is 2.03. The van der Waals surface area contributed by atoms with Crippen LogP contribution in [0.1, 0.15) is 19.8 Å². The smallest absolute Gasteiger partial charge is 0.330 e. The topological polar surface area (TPSA) is 26.0 Å². The third kappa shape index (κ3) is 4.41. The maximum absolute atomic E-state index is 12.9. The van der Waals surface area contributed by atoms with Crippen LogP contribution in [0, 0.1) is 0 Å². The van der Waals surface area contributed by atoms with Crippen molar-refractivity contribution in [1.82, 2.24) is 0 Å². The lowest BCUT2D eigenvalue weighted by atomic mass is 10.1. The van der Waals surface area contributed by atoms with Gasteiger partial charge in [0.2, 0.25) is 0 Å². The van der Waals surface area contributed by atoms with Crippen LogP contribution >= 0.6 is 0 Å². The van der Waals surface area contributed by atoms with E-state index in [2.05, 4.69) is 0 Å². The lowest BCUT2D eigenvalue weighted by Gasteiger charge is -2.11. The molecule has 0 heterocycles. The fraction of sp³-hybridized carbons (Fsp3) is 0.556. The summed E-state index contributed by atoms with van der Waals surface area (Å²) in [6.07, 6.45) is -2.84.